The van der Waals surface area contributed by atoms with Crippen LogP contribution in [0, 0.1) is 0 Å². The molecule has 41 heavy (non-hydrogen) atoms. The maximum absolute atomic E-state index is 14.1. The number of halogens is 8. The number of hydrogen-bond acceptors (Lipinski definition) is 6. The molecule has 0 aliphatic rings. The molecule has 2 atom stereocenters. The van der Waals surface area contributed by atoms with E-state index in [9.17, 15) is 53.2 Å². The van der Waals surface area contributed by atoms with Crippen molar-refractivity contribution in [1.82, 2.24) is 0 Å². The second-order valence-corrected chi connectivity index (χ2v) is 12.4. The number of hydrogen-bond donors (Lipinski definition) is 1. The number of alkyl halides is 8. The number of rotatable bonds is 8. The molecular formula is C25H18F8O6S2. The molecule has 6 nitrogen and oxygen atoms in total. The maximum atomic E-state index is 14.1. The van der Waals surface area contributed by atoms with Gasteiger partial charge in [-0.1, -0.05) is 24.3 Å². The Morgan fingerprint density at radius 1 is 0.854 bits per heavy atom. The zero-order valence-corrected chi connectivity index (χ0v) is 22.1. The van der Waals surface area contributed by atoms with E-state index in [0.717, 1.165) is 32.3 Å². The fourth-order valence-electron chi connectivity index (χ4n) is 3.82. The molecule has 1 aromatic heterocycles. The largest absolute Gasteiger partial charge is 0.743 e. The number of ether oxygens (including phenoxy) is 2. The van der Waals surface area contributed by atoms with Crippen LogP contribution in [-0.2, 0) is 10.1 Å². The lowest BCUT2D eigenvalue weighted by Crippen LogP contribution is -2.53. The predicted octanol–water partition coefficient (Wildman–Crippen LogP) is 6.87. The summed E-state index contributed by atoms with van der Waals surface area (Å²) in [5.41, 5.74) is -3.54. The summed E-state index contributed by atoms with van der Waals surface area (Å²) in [6.45, 7) is -1.30. The molecule has 1 heterocycles. The molecule has 0 amide bonds. The summed E-state index contributed by atoms with van der Waals surface area (Å²) >= 11 is 0. The van der Waals surface area contributed by atoms with Gasteiger partial charge in [-0.3, -0.25) is 0 Å². The Balaban J connectivity index is 1.90. The van der Waals surface area contributed by atoms with Crippen molar-refractivity contribution in [2.24, 2.45) is 0 Å². The van der Waals surface area contributed by atoms with E-state index in [1.54, 1.807) is 48.5 Å². The summed E-state index contributed by atoms with van der Waals surface area (Å²) in [7, 11) is -7.92. The standard InChI is InChI=1S/C25H18F8O6S2/c1-22(34,25(31,32)33)13-38-18-12-14(40-19-8-4-2-6-15(19)16-7-3-5-9-20(16)40)10-11-17(18)39-21(23(26,27)28)24(29,30)41(35,36)37/h2-12,21,34H,13H2,1H3. The fourth-order valence-corrected chi connectivity index (χ4v) is 6.66. The Bertz CT molecular complexity index is 1640. The van der Waals surface area contributed by atoms with E-state index in [-0.39, 0.29) is 4.90 Å². The van der Waals surface area contributed by atoms with Gasteiger partial charge in [0.1, 0.15) is 6.61 Å². The lowest BCUT2D eigenvalue weighted by atomic mass is 10.1. The van der Waals surface area contributed by atoms with Crippen LogP contribution in [0.15, 0.2) is 66.7 Å². The lowest BCUT2D eigenvalue weighted by Gasteiger charge is -2.31. The van der Waals surface area contributed by atoms with Crippen LogP contribution in [0.2, 0.25) is 0 Å². The molecule has 0 saturated heterocycles. The average Bonchev–Trinajstić information content (AvgIpc) is 3.18. The van der Waals surface area contributed by atoms with Crippen LogP contribution in [0.25, 0.3) is 25.1 Å². The molecule has 2 unspecified atom stereocenters. The highest BCUT2D eigenvalue weighted by atomic mass is 32.2. The third-order valence-electron chi connectivity index (χ3n) is 5.96. The predicted molar refractivity (Wildman–Crippen MR) is 133 cm³/mol. The van der Waals surface area contributed by atoms with E-state index in [1.807, 2.05) is 0 Å². The van der Waals surface area contributed by atoms with E-state index in [1.165, 1.54) is 0 Å². The minimum Gasteiger partial charge on any atom is -0.743 e. The summed E-state index contributed by atoms with van der Waals surface area (Å²) < 4.78 is 152. The first-order chi connectivity index (χ1) is 18.8. The molecule has 0 saturated carbocycles. The number of aliphatic hydroxyl groups is 1. The van der Waals surface area contributed by atoms with E-state index >= 15 is 0 Å². The van der Waals surface area contributed by atoms with Gasteiger partial charge >= 0.3 is 17.6 Å². The number of thiophene rings is 1. The van der Waals surface area contributed by atoms with Crippen LogP contribution in [0.3, 0.4) is 0 Å². The molecule has 222 valence electrons. The monoisotopic (exact) mass is 630 g/mol. The van der Waals surface area contributed by atoms with Crippen LogP contribution >= 0.6 is 10.5 Å². The number of benzene rings is 3. The van der Waals surface area contributed by atoms with Crippen molar-refractivity contribution in [2.45, 2.75) is 36.2 Å². The Labute approximate surface area is 229 Å². The molecule has 3 aromatic carbocycles. The normalized spacial score (nSPS) is 15.6. The Morgan fingerprint density at radius 2 is 1.37 bits per heavy atom. The minimum absolute atomic E-state index is 0.253. The average molecular weight is 631 g/mol. The zero-order valence-electron chi connectivity index (χ0n) is 20.5. The highest BCUT2D eigenvalue weighted by Crippen LogP contribution is 2.50. The van der Waals surface area contributed by atoms with Crippen molar-refractivity contribution in [3.8, 4) is 16.4 Å². The first kappa shape index (κ1) is 30.7. The van der Waals surface area contributed by atoms with Crippen molar-refractivity contribution in [3.05, 3.63) is 66.7 Å². The fraction of sp³-hybridized carbons (Fsp3) is 0.280. The van der Waals surface area contributed by atoms with Crippen LogP contribution < -0.4 is 9.47 Å². The summed E-state index contributed by atoms with van der Waals surface area (Å²) in [5.74, 6) is -2.20. The summed E-state index contributed by atoms with van der Waals surface area (Å²) in [4.78, 5) is 0.253. The van der Waals surface area contributed by atoms with Gasteiger partial charge in [0.2, 0.25) is 0 Å². The Kier molecular flexibility index (Phi) is 7.69. The third-order valence-corrected chi connectivity index (χ3v) is 9.15. The van der Waals surface area contributed by atoms with E-state index in [2.05, 4.69) is 4.74 Å². The van der Waals surface area contributed by atoms with Crippen molar-refractivity contribution in [2.75, 3.05) is 6.61 Å². The van der Waals surface area contributed by atoms with Gasteiger partial charge in [0.05, 0.1) is 0 Å². The molecule has 16 heteroatoms. The molecule has 4 rings (SSSR count). The van der Waals surface area contributed by atoms with Gasteiger partial charge in [0.15, 0.2) is 41.5 Å². The molecule has 1 N–H and O–H groups in total. The van der Waals surface area contributed by atoms with Crippen LogP contribution in [0.1, 0.15) is 6.92 Å². The quantitative estimate of drug-likeness (QED) is 0.130. The van der Waals surface area contributed by atoms with Gasteiger partial charge in [-0.15, -0.1) is 0 Å². The molecule has 0 radical (unpaired) electrons. The minimum atomic E-state index is -6.92. The van der Waals surface area contributed by atoms with Gasteiger partial charge in [-0.25, -0.2) is 8.42 Å². The summed E-state index contributed by atoms with van der Waals surface area (Å²) in [6, 6.07) is 16.8. The zero-order chi connectivity index (χ0) is 30.6. The summed E-state index contributed by atoms with van der Waals surface area (Å²) in [6.07, 6.45) is -15.9. The van der Waals surface area contributed by atoms with E-state index < -0.39 is 68.0 Å². The molecule has 4 aromatic rings. The first-order valence-electron chi connectivity index (χ1n) is 11.3. The van der Waals surface area contributed by atoms with Gasteiger partial charge in [-0.2, -0.15) is 35.1 Å². The van der Waals surface area contributed by atoms with Crippen molar-refractivity contribution >= 4 is 40.8 Å². The van der Waals surface area contributed by atoms with Crippen molar-refractivity contribution in [3.63, 3.8) is 0 Å². The molecule has 0 aliphatic carbocycles. The topological polar surface area (TPSA) is 95.9 Å². The van der Waals surface area contributed by atoms with Crippen LogP contribution in [0.5, 0.6) is 11.5 Å². The third kappa shape index (κ3) is 5.78. The second-order valence-electron chi connectivity index (χ2n) is 9.02. The highest BCUT2D eigenvalue weighted by molar-refractivity contribution is 7.86. The second kappa shape index (κ2) is 10.3. The number of fused-ring (bicyclic) bond motifs is 3. The van der Waals surface area contributed by atoms with Gasteiger partial charge < -0.3 is 19.1 Å². The summed E-state index contributed by atoms with van der Waals surface area (Å²) in [5, 5.41) is 5.35. The lowest BCUT2D eigenvalue weighted by molar-refractivity contribution is -0.261. The molecule has 0 spiro atoms. The maximum Gasteiger partial charge on any atom is 0.432 e. The molecule has 0 fully saturated rings. The SMILES string of the molecule is CC(O)(COc1cc(-[s+]2c3ccccc3c3ccccc32)ccc1OC(C(F)(F)F)C(F)(F)S(=O)(=O)[O-])C(F)(F)F. The smallest absolute Gasteiger partial charge is 0.432 e. The van der Waals surface area contributed by atoms with E-state index in [0.29, 0.717) is 13.0 Å². The van der Waals surface area contributed by atoms with Crippen molar-refractivity contribution < 1.29 is 62.7 Å². The van der Waals surface area contributed by atoms with Crippen LogP contribution in [0.4, 0.5) is 35.1 Å². The first-order valence-corrected chi connectivity index (χ1v) is 13.9. The Morgan fingerprint density at radius 3 is 1.83 bits per heavy atom. The molecule has 0 bridgehead atoms. The molecule has 0 aliphatic heterocycles. The van der Waals surface area contributed by atoms with Gasteiger partial charge in [-0.05, 0) is 37.3 Å². The Hall–Kier alpha value is -3.21. The van der Waals surface area contributed by atoms with Crippen molar-refractivity contribution in [1.29, 1.82) is 0 Å². The highest BCUT2D eigenvalue weighted by Gasteiger charge is 2.62. The van der Waals surface area contributed by atoms with E-state index in [4.69, 9.17) is 4.74 Å². The van der Waals surface area contributed by atoms with Gasteiger partial charge in [0, 0.05) is 33.4 Å². The van der Waals surface area contributed by atoms with Gasteiger partial charge in [0.25, 0.3) is 6.10 Å². The van der Waals surface area contributed by atoms with Crippen LogP contribution in [-0.4, -0.2) is 54.0 Å². The molecular weight excluding hydrogens is 612 g/mol.